The molecule has 2 aromatic carbocycles. The van der Waals surface area contributed by atoms with Crippen LogP contribution in [0.25, 0.3) is 0 Å². The molecule has 0 aromatic heterocycles. The average Bonchev–Trinajstić information content (AvgIpc) is 3.09. The minimum atomic E-state index is -3.66. The SMILES string of the molecule is CN(CCNC(=O)C1CCN(S(=O)(=O)c2ccc3c(c2)OCCCO3)CC1)Cc1ccccc1. The number of piperidine rings is 1. The molecule has 1 fully saturated rings. The summed E-state index contributed by atoms with van der Waals surface area (Å²) < 4.78 is 39.0. The van der Waals surface area contributed by atoms with Gasteiger partial charge >= 0.3 is 0 Å². The Labute approximate surface area is 201 Å². The molecule has 1 amide bonds. The maximum absolute atomic E-state index is 13.2. The second-order valence-corrected chi connectivity index (χ2v) is 10.8. The highest BCUT2D eigenvalue weighted by atomic mass is 32.2. The Morgan fingerprint density at radius 1 is 1.06 bits per heavy atom. The highest BCUT2D eigenvalue weighted by Gasteiger charge is 2.32. The number of fused-ring (bicyclic) bond motifs is 1. The molecule has 2 aliphatic rings. The molecular formula is C25H33N3O5S. The Balaban J connectivity index is 1.24. The van der Waals surface area contributed by atoms with Gasteiger partial charge in [-0.15, -0.1) is 0 Å². The van der Waals surface area contributed by atoms with Crippen LogP contribution in [-0.4, -0.2) is 70.0 Å². The van der Waals surface area contributed by atoms with Crippen LogP contribution in [0, 0.1) is 5.92 Å². The van der Waals surface area contributed by atoms with Gasteiger partial charge in [-0.1, -0.05) is 30.3 Å². The van der Waals surface area contributed by atoms with Crippen molar-refractivity contribution in [3.05, 3.63) is 54.1 Å². The summed E-state index contributed by atoms with van der Waals surface area (Å²) in [6, 6.07) is 15.0. The van der Waals surface area contributed by atoms with Crippen molar-refractivity contribution in [3.63, 3.8) is 0 Å². The zero-order chi connectivity index (χ0) is 24.0. The number of nitrogens with zero attached hydrogens (tertiary/aromatic N) is 2. The van der Waals surface area contributed by atoms with Gasteiger partial charge < -0.3 is 19.7 Å². The first-order valence-corrected chi connectivity index (χ1v) is 13.3. The minimum absolute atomic E-state index is 0.000684. The second kappa shape index (κ2) is 11.2. The van der Waals surface area contributed by atoms with Gasteiger partial charge in [0.25, 0.3) is 0 Å². The van der Waals surface area contributed by atoms with Crippen molar-refractivity contribution in [2.75, 3.05) is 46.4 Å². The van der Waals surface area contributed by atoms with Crippen molar-refractivity contribution in [2.45, 2.75) is 30.7 Å². The van der Waals surface area contributed by atoms with Gasteiger partial charge in [0, 0.05) is 51.1 Å². The average molecular weight is 488 g/mol. The third-order valence-corrected chi connectivity index (χ3v) is 8.16. The van der Waals surface area contributed by atoms with Crippen molar-refractivity contribution in [3.8, 4) is 11.5 Å². The molecule has 0 saturated carbocycles. The summed E-state index contributed by atoms with van der Waals surface area (Å²) in [5, 5.41) is 3.02. The number of hydrogen-bond acceptors (Lipinski definition) is 6. The lowest BCUT2D eigenvalue weighted by Gasteiger charge is -2.30. The maximum Gasteiger partial charge on any atom is 0.243 e. The number of carbonyl (C=O) groups excluding carboxylic acids is 1. The minimum Gasteiger partial charge on any atom is -0.490 e. The van der Waals surface area contributed by atoms with Gasteiger partial charge in [-0.05, 0) is 37.6 Å². The number of ether oxygens (including phenoxy) is 2. The van der Waals surface area contributed by atoms with Gasteiger partial charge in [0.2, 0.25) is 15.9 Å². The molecule has 0 aliphatic carbocycles. The van der Waals surface area contributed by atoms with E-state index < -0.39 is 10.0 Å². The summed E-state index contributed by atoms with van der Waals surface area (Å²) >= 11 is 0. The van der Waals surface area contributed by atoms with Crippen LogP contribution in [0.3, 0.4) is 0 Å². The number of nitrogens with one attached hydrogen (secondary N) is 1. The van der Waals surface area contributed by atoms with E-state index in [9.17, 15) is 13.2 Å². The largest absolute Gasteiger partial charge is 0.490 e. The summed E-state index contributed by atoms with van der Waals surface area (Å²) in [7, 11) is -1.63. The lowest BCUT2D eigenvalue weighted by Crippen LogP contribution is -2.44. The molecule has 0 atom stereocenters. The van der Waals surface area contributed by atoms with Gasteiger partial charge in [-0.2, -0.15) is 4.31 Å². The fourth-order valence-corrected chi connectivity index (χ4v) is 5.79. The topological polar surface area (TPSA) is 88.2 Å². The van der Waals surface area contributed by atoms with Crippen LogP contribution in [0.5, 0.6) is 11.5 Å². The van der Waals surface area contributed by atoms with Crippen LogP contribution in [0.1, 0.15) is 24.8 Å². The smallest absolute Gasteiger partial charge is 0.243 e. The van der Waals surface area contributed by atoms with Crippen LogP contribution in [0.2, 0.25) is 0 Å². The molecule has 0 spiro atoms. The quantitative estimate of drug-likeness (QED) is 0.616. The van der Waals surface area contributed by atoms with Gasteiger partial charge in [-0.25, -0.2) is 8.42 Å². The number of amides is 1. The van der Waals surface area contributed by atoms with Crippen molar-refractivity contribution in [1.29, 1.82) is 0 Å². The van der Waals surface area contributed by atoms with E-state index in [0.29, 0.717) is 57.2 Å². The van der Waals surface area contributed by atoms with Crippen molar-refractivity contribution in [2.24, 2.45) is 5.92 Å². The predicted octanol–water partition coefficient (Wildman–Crippen LogP) is 2.50. The Bertz CT molecular complexity index is 1070. The fraction of sp³-hybridized carbons (Fsp3) is 0.480. The number of likely N-dealkylation sites (N-methyl/N-ethyl adjacent to an activating group) is 1. The first-order valence-electron chi connectivity index (χ1n) is 11.8. The number of carbonyl (C=O) groups is 1. The molecular weight excluding hydrogens is 454 g/mol. The van der Waals surface area contributed by atoms with Crippen LogP contribution in [-0.2, 0) is 21.4 Å². The molecule has 2 aromatic rings. The third-order valence-electron chi connectivity index (χ3n) is 6.27. The number of sulfonamides is 1. The van der Waals surface area contributed by atoms with Crippen LogP contribution < -0.4 is 14.8 Å². The molecule has 34 heavy (non-hydrogen) atoms. The normalized spacial score (nSPS) is 17.4. The summed E-state index contributed by atoms with van der Waals surface area (Å²) in [5.74, 6) is 0.863. The molecule has 8 nitrogen and oxygen atoms in total. The van der Waals surface area contributed by atoms with Crippen LogP contribution >= 0.6 is 0 Å². The highest BCUT2D eigenvalue weighted by Crippen LogP contribution is 2.33. The first kappa shape index (κ1) is 24.5. The lowest BCUT2D eigenvalue weighted by molar-refractivity contribution is -0.126. The molecule has 4 rings (SSSR count). The van der Waals surface area contributed by atoms with Gasteiger partial charge in [0.1, 0.15) is 0 Å². The predicted molar refractivity (Wildman–Crippen MR) is 129 cm³/mol. The van der Waals surface area contributed by atoms with Crippen LogP contribution in [0.4, 0.5) is 0 Å². The summed E-state index contributed by atoms with van der Waals surface area (Å²) in [5.41, 5.74) is 1.23. The lowest BCUT2D eigenvalue weighted by atomic mass is 9.97. The fourth-order valence-electron chi connectivity index (χ4n) is 4.30. The van der Waals surface area contributed by atoms with E-state index in [4.69, 9.17) is 9.47 Å². The molecule has 9 heteroatoms. The van der Waals surface area contributed by atoms with Crippen molar-refractivity contribution >= 4 is 15.9 Å². The van der Waals surface area contributed by atoms with E-state index in [1.807, 2.05) is 25.2 Å². The third kappa shape index (κ3) is 6.08. The molecule has 1 N–H and O–H groups in total. The number of rotatable bonds is 8. The maximum atomic E-state index is 13.2. The van der Waals surface area contributed by atoms with Crippen molar-refractivity contribution < 1.29 is 22.7 Å². The second-order valence-electron chi connectivity index (χ2n) is 8.85. The molecule has 2 aliphatic heterocycles. The highest BCUT2D eigenvalue weighted by molar-refractivity contribution is 7.89. The zero-order valence-electron chi connectivity index (χ0n) is 19.6. The monoisotopic (exact) mass is 487 g/mol. The number of benzene rings is 2. The Hall–Kier alpha value is -2.62. The van der Waals surface area contributed by atoms with E-state index in [-0.39, 0.29) is 16.7 Å². The molecule has 1 saturated heterocycles. The molecule has 184 valence electrons. The van der Waals surface area contributed by atoms with E-state index in [0.717, 1.165) is 19.5 Å². The molecule has 0 radical (unpaired) electrons. The van der Waals surface area contributed by atoms with E-state index in [1.54, 1.807) is 18.2 Å². The molecule has 0 unspecified atom stereocenters. The van der Waals surface area contributed by atoms with E-state index in [1.165, 1.54) is 9.87 Å². The summed E-state index contributed by atoms with van der Waals surface area (Å²) in [6.07, 6.45) is 1.78. The standard InChI is InChI=1S/C25H33N3O5S/c1-27(19-20-6-3-2-4-7-20)15-12-26-25(29)21-10-13-28(14-11-21)34(30,31)22-8-9-23-24(18-22)33-17-5-16-32-23/h2-4,6-9,18,21H,5,10-17,19H2,1H3,(H,26,29). The van der Waals surface area contributed by atoms with Crippen molar-refractivity contribution in [1.82, 2.24) is 14.5 Å². The van der Waals surface area contributed by atoms with Gasteiger partial charge in [-0.3, -0.25) is 4.79 Å². The summed E-state index contributed by atoms with van der Waals surface area (Å²) in [4.78, 5) is 15.0. The van der Waals surface area contributed by atoms with E-state index in [2.05, 4.69) is 22.3 Å². The number of hydrogen-bond donors (Lipinski definition) is 1. The Morgan fingerprint density at radius 3 is 2.50 bits per heavy atom. The Morgan fingerprint density at radius 2 is 1.76 bits per heavy atom. The first-order chi connectivity index (χ1) is 16.4. The Kier molecular flexibility index (Phi) is 8.07. The van der Waals surface area contributed by atoms with Crippen LogP contribution in [0.15, 0.2) is 53.4 Å². The molecule has 0 bridgehead atoms. The van der Waals surface area contributed by atoms with Gasteiger partial charge in [0.05, 0.1) is 18.1 Å². The summed E-state index contributed by atoms with van der Waals surface area (Å²) in [6.45, 7) is 3.84. The van der Waals surface area contributed by atoms with Gasteiger partial charge in [0.15, 0.2) is 11.5 Å². The van der Waals surface area contributed by atoms with E-state index >= 15 is 0 Å². The zero-order valence-corrected chi connectivity index (χ0v) is 20.4. The molecule has 2 heterocycles.